The molecule has 1 aromatic carbocycles. The van der Waals surface area contributed by atoms with Crippen LogP contribution in [0.25, 0.3) is 11.2 Å². The van der Waals surface area contributed by atoms with Crippen LogP contribution in [0.4, 0.5) is 5.82 Å². The van der Waals surface area contributed by atoms with Crippen LogP contribution in [-0.2, 0) is 55.5 Å². The monoisotopic (exact) mass is 938 g/mol. The van der Waals surface area contributed by atoms with Crippen molar-refractivity contribution in [1.82, 2.24) is 30.2 Å². The summed E-state index contributed by atoms with van der Waals surface area (Å²) in [6, 6.07) is 8.24. The van der Waals surface area contributed by atoms with Gasteiger partial charge in [0.25, 0.3) is 15.6 Å². The van der Waals surface area contributed by atoms with E-state index in [2.05, 4.69) is 43.5 Å². The molecule has 338 valence electrons. The van der Waals surface area contributed by atoms with Crippen molar-refractivity contribution in [2.24, 2.45) is 5.41 Å². The number of ether oxygens (including phenoxy) is 1. The van der Waals surface area contributed by atoms with Gasteiger partial charge in [-0.05, 0) is 5.56 Å². The van der Waals surface area contributed by atoms with E-state index >= 15 is 0 Å². The molecule has 26 nitrogen and oxygen atoms in total. The van der Waals surface area contributed by atoms with E-state index in [9.17, 15) is 67.8 Å². The first-order valence-electron chi connectivity index (χ1n) is 17.6. The lowest BCUT2D eigenvalue weighted by Crippen LogP contribution is -2.46. The predicted molar refractivity (Wildman–Crippen MR) is 197 cm³/mol. The number of nitrogen functional groups attached to an aromatic ring is 1. The number of rotatable bonds is 23. The van der Waals surface area contributed by atoms with Gasteiger partial charge < -0.3 is 78.9 Å². The number of phosphoric ester groups is 3. The minimum atomic E-state index is -5.95. The quantitative estimate of drug-likeness (QED) is 0.0447. The molecular formula is C31H39N7O19P3S-5. The number of nitrogens with one attached hydrogen (secondary N) is 2. The Balaban J connectivity index is 1.22. The van der Waals surface area contributed by atoms with Gasteiger partial charge in [0.05, 0.1) is 33.3 Å². The van der Waals surface area contributed by atoms with Gasteiger partial charge in [0.15, 0.2) is 22.8 Å². The number of carbonyl (C=O) groups excluding carboxylic acids is 4. The number of hydrogen-bond acceptors (Lipinski definition) is 24. The lowest BCUT2D eigenvalue weighted by Gasteiger charge is -2.36. The zero-order valence-corrected chi connectivity index (χ0v) is 35.4. The Bertz CT molecular complexity index is 2180. The highest BCUT2D eigenvalue weighted by molar-refractivity contribution is 8.13. The predicted octanol–water partition coefficient (Wildman–Crippen LogP) is -3.94. The topological polar surface area (TPSA) is 415 Å². The molecule has 8 atom stereocenters. The van der Waals surface area contributed by atoms with Crippen LogP contribution in [0, 0.1) is 5.41 Å². The number of carbonyl (C=O) groups is 4. The van der Waals surface area contributed by atoms with Gasteiger partial charge in [-0.3, -0.25) is 28.1 Å². The number of nitrogens with zero attached hydrogens (tertiary/aromatic N) is 4. The molecule has 1 aliphatic rings. The number of aromatic nitrogens is 4. The molecule has 61 heavy (non-hydrogen) atoms. The lowest BCUT2D eigenvalue weighted by atomic mass is 9.87. The molecule has 0 radical (unpaired) electrons. The van der Waals surface area contributed by atoms with Crippen LogP contribution in [0.2, 0.25) is 0 Å². The summed E-state index contributed by atoms with van der Waals surface area (Å²) >= 11 is 0.812. The van der Waals surface area contributed by atoms with Crippen molar-refractivity contribution in [3.63, 3.8) is 0 Å². The van der Waals surface area contributed by atoms with Crippen molar-refractivity contribution in [2.45, 2.75) is 63.3 Å². The molecule has 2 amide bonds. The highest BCUT2D eigenvalue weighted by Crippen LogP contribution is 2.56. The molecule has 1 fully saturated rings. The maximum Gasteiger partial charge on any atom is 0.274 e. The zero-order chi connectivity index (χ0) is 45.3. The van der Waals surface area contributed by atoms with Crippen LogP contribution < -0.4 is 41.0 Å². The summed E-state index contributed by atoms with van der Waals surface area (Å²) in [5.41, 5.74) is 4.49. The SMILES string of the molecule is CC(C)(COP(=O)([O-])OP(=O)([O-])OC[C@H]1O[C@@H](n2cnc3c(N)ncnc32)[C@H](O)[C@@H]1OP(=O)([O-])[O-])[C@@H](O)C(=O)NCCC(=O)NCCSC(=O)C(CC(=O)[O-])c1ccccc1. The number of fused-ring (bicyclic) bond motifs is 1. The van der Waals surface area contributed by atoms with E-state index in [0.717, 1.165) is 29.0 Å². The van der Waals surface area contributed by atoms with Gasteiger partial charge in [0.1, 0.15) is 36.3 Å². The van der Waals surface area contributed by atoms with Gasteiger partial charge in [-0.15, -0.1) is 0 Å². The summed E-state index contributed by atoms with van der Waals surface area (Å²) in [7, 11) is -17.7. The molecule has 0 bridgehead atoms. The van der Waals surface area contributed by atoms with Crippen molar-refractivity contribution in [1.29, 1.82) is 0 Å². The summed E-state index contributed by atoms with van der Waals surface area (Å²) in [4.78, 5) is 108. The number of aliphatic hydroxyl groups excluding tert-OH is 2. The Morgan fingerprint density at radius 2 is 1.69 bits per heavy atom. The number of amides is 2. The minimum absolute atomic E-state index is 0.0109. The van der Waals surface area contributed by atoms with E-state index in [4.69, 9.17) is 10.5 Å². The molecule has 1 aliphatic heterocycles. The van der Waals surface area contributed by atoms with Gasteiger partial charge in [0.2, 0.25) is 11.8 Å². The van der Waals surface area contributed by atoms with Gasteiger partial charge in [0, 0.05) is 43.1 Å². The number of anilines is 1. The molecular weight excluding hydrogens is 899 g/mol. The van der Waals surface area contributed by atoms with Crippen LogP contribution in [-0.4, -0.2) is 109 Å². The number of phosphoric acid groups is 3. The average Bonchev–Trinajstić information content (AvgIpc) is 3.73. The average molecular weight is 939 g/mol. The molecule has 6 N–H and O–H groups in total. The van der Waals surface area contributed by atoms with E-state index in [0.29, 0.717) is 5.56 Å². The standard InChI is InChI=1S/C31H44N7O19P3S/c1-31(2,25(43)28(44)34-9-8-20(39)33-10-11-61-30(45)18(12-21(40)41)17-6-4-3-5-7-17)14-54-60(51,52)57-59(49,50)53-13-19-24(56-58(46,47)48)23(42)29(55-19)38-16-37-22-26(32)35-15-36-27(22)38/h3-7,15-16,18-19,23-25,29,42-43H,8-14H2,1-2H3,(H,33,39)(H,34,44)(H,40,41)(H,49,50)(H,51,52)(H2,32,35,36)(H2,46,47,48)/p-5/t18?,19-,23-,24-,25+,29-/m1/s1. The van der Waals surface area contributed by atoms with Crippen LogP contribution in [0.15, 0.2) is 43.0 Å². The Labute approximate surface area is 350 Å². The Hall–Kier alpha value is -3.75. The molecule has 0 saturated carbocycles. The number of thioether (sulfide) groups is 1. The van der Waals surface area contributed by atoms with Crippen molar-refractivity contribution in [3.8, 4) is 0 Å². The van der Waals surface area contributed by atoms with Gasteiger partial charge in [-0.2, -0.15) is 0 Å². The number of nitrogens with two attached hydrogens (primary N) is 1. The zero-order valence-electron chi connectivity index (χ0n) is 31.9. The summed E-state index contributed by atoms with van der Waals surface area (Å²) in [5.74, 6) is -3.97. The minimum Gasteiger partial charge on any atom is -0.790 e. The summed E-state index contributed by atoms with van der Waals surface area (Å²) in [6.45, 7) is -0.288. The van der Waals surface area contributed by atoms with E-state index < -0.39 is 108 Å². The first kappa shape index (κ1) is 49.9. The summed E-state index contributed by atoms with van der Waals surface area (Å²) in [6.07, 6.45) is -8.36. The Morgan fingerprint density at radius 1 is 1.02 bits per heavy atom. The highest BCUT2D eigenvalue weighted by Gasteiger charge is 2.47. The number of aliphatic hydroxyl groups is 2. The van der Waals surface area contributed by atoms with Gasteiger partial charge in [-0.25, -0.2) is 19.3 Å². The number of carboxylic acids is 1. The van der Waals surface area contributed by atoms with Gasteiger partial charge >= 0.3 is 0 Å². The molecule has 30 heteroatoms. The van der Waals surface area contributed by atoms with Crippen molar-refractivity contribution in [2.75, 3.05) is 37.8 Å². The fourth-order valence-corrected chi connectivity index (χ4v) is 9.11. The third-order valence-electron chi connectivity index (χ3n) is 8.58. The Morgan fingerprint density at radius 3 is 2.34 bits per heavy atom. The number of imidazole rings is 1. The number of hydrogen-bond donors (Lipinski definition) is 5. The molecule has 3 heterocycles. The second-order valence-electron chi connectivity index (χ2n) is 13.7. The largest absolute Gasteiger partial charge is 0.790 e. The lowest BCUT2D eigenvalue weighted by molar-refractivity contribution is -0.347. The van der Waals surface area contributed by atoms with E-state index in [1.165, 1.54) is 13.8 Å². The van der Waals surface area contributed by atoms with Gasteiger partial charge in [-0.1, -0.05) is 55.9 Å². The van der Waals surface area contributed by atoms with Crippen LogP contribution in [0.3, 0.4) is 0 Å². The van der Waals surface area contributed by atoms with Crippen molar-refractivity contribution in [3.05, 3.63) is 48.5 Å². The number of carboxylic acid groups (broad SMARTS) is 1. The fourth-order valence-electron chi connectivity index (χ4n) is 5.55. The number of benzene rings is 1. The number of aliphatic carboxylic acids is 1. The first-order chi connectivity index (χ1) is 28.4. The van der Waals surface area contributed by atoms with Crippen molar-refractivity contribution < 1.29 is 90.4 Å². The van der Waals surface area contributed by atoms with E-state index in [1.54, 1.807) is 30.3 Å². The normalized spacial score (nSPS) is 21.2. The highest BCUT2D eigenvalue weighted by atomic mass is 32.2. The second-order valence-corrected chi connectivity index (χ2v) is 18.9. The maximum atomic E-state index is 12.6. The maximum absolute atomic E-state index is 12.6. The smallest absolute Gasteiger partial charge is 0.274 e. The summed E-state index contributed by atoms with van der Waals surface area (Å²) < 4.78 is 60.5. The van der Waals surface area contributed by atoms with Crippen molar-refractivity contribution >= 4 is 75.1 Å². The van der Waals surface area contributed by atoms with Crippen LogP contribution in [0.5, 0.6) is 0 Å². The second kappa shape index (κ2) is 21.1. The molecule has 0 aliphatic carbocycles. The van der Waals surface area contributed by atoms with Crippen LogP contribution >= 0.6 is 35.2 Å². The van der Waals surface area contributed by atoms with Crippen LogP contribution in [0.1, 0.15) is 44.4 Å². The molecule has 2 aromatic heterocycles. The fraction of sp³-hybridized carbons (Fsp3) is 0.516. The first-order valence-corrected chi connectivity index (χ1v) is 23.0. The molecule has 1 saturated heterocycles. The van der Waals surface area contributed by atoms with E-state index in [-0.39, 0.29) is 42.2 Å². The molecule has 0 spiro atoms. The molecule has 3 aromatic rings. The summed E-state index contributed by atoms with van der Waals surface area (Å²) in [5, 5.41) is 36.9. The van der Waals surface area contributed by atoms with E-state index in [1.807, 2.05) is 0 Å². The third-order valence-corrected chi connectivity index (χ3v) is 12.6. The molecule has 4 rings (SSSR count). The third kappa shape index (κ3) is 14.7. The Kier molecular flexibility index (Phi) is 17.2. The molecule has 3 unspecified atom stereocenters.